The van der Waals surface area contributed by atoms with Crippen molar-refractivity contribution in [2.75, 3.05) is 6.61 Å². The smallest absolute Gasteiger partial charge is 0.434 e. The third kappa shape index (κ3) is 3.58. The highest BCUT2D eigenvalue weighted by Crippen LogP contribution is 2.29. The van der Waals surface area contributed by atoms with Gasteiger partial charge in [0, 0.05) is 0 Å². The van der Waals surface area contributed by atoms with Crippen molar-refractivity contribution in [3.8, 4) is 5.75 Å². The molecule has 0 spiro atoms. The van der Waals surface area contributed by atoms with Crippen molar-refractivity contribution >= 4 is 6.16 Å². The van der Waals surface area contributed by atoms with Crippen molar-refractivity contribution < 1.29 is 36.2 Å². The van der Waals surface area contributed by atoms with E-state index in [1.807, 2.05) is 6.92 Å². The van der Waals surface area contributed by atoms with Crippen molar-refractivity contribution in [1.82, 2.24) is 0 Å². The molecule has 112 valence electrons. The van der Waals surface area contributed by atoms with Crippen LogP contribution in [0.3, 0.4) is 0 Å². The van der Waals surface area contributed by atoms with E-state index < -0.39 is 41.0 Å². The number of hydrogen-bond acceptors (Lipinski definition) is 3. The molecule has 1 aromatic carbocycles. The normalized spacial score (nSPS) is 10.5. The minimum Gasteiger partial charge on any atom is -0.434 e. The van der Waals surface area contributed by atoms with Crippen LogP contribution >= 0.6 is 0 Å². The van der Waals surface area contributed by atoms with Gasteiger partial charge < -0.3 is 9.47 Å². The van der Waals surface area contributed by atoms with Gasteiger partial charge in [-0.05, 0) is 6.42 Å². The molecule has 0 aliphatic carbocycles. The lowest BCUT2D eigenvalue weighted by Gasteiger charge is -2.09. The molecule has 0 aliphatic rings. The van der Waals surface area contributed by atoms with Gasteiger partial charge in [0.2, 0.25) is 34.8 Å². The minimum atomic E-state index is -2.33. The number of benzene rings is 1. The second-order valence-electron chi connectivity index (χ2n) is 3.81. The van der Waals surface area contributed by atoms with Gasteiger partial charge in [0.05, 0.1) is 6.61 Å². The molecule has 0 N–H and O–H groups in total. The zero-order valence-electron chi connectivity index (χ0n) is 10.4. The zero-order valence-corrected chi connectivity index (χ0v) is 10.4. The molecule has 0 saturated heterocycles. The average Bonchev–Trinajstić information content (AvgIpc) is 2.44. The van der Waals surface area contributed by atoms with E-state index in [1.165, 1.54) is 0 Å². The Kier molecular flexibility index (Phi) is 5.72. The van der Waals surface area contributed by atoms with Crippen LogP contribution in [0.15, 0.2) is 0 Å². The second-order valence-corrected chi connectivity index (χ2v) is 3.81. The zero-order chi connectivity index (χ0) is 15.3. The molecule has 0 aliphatic heterocycles. The molecule has 1 rings (SSSR count). The van der Waals surface area contributed by atoms with Gasteiger partial charge in [-0.25, -0.2) is 18.0 Å². The molecule has 0 bridgehead atoms. The van der Waals surface area contributed by atoms with Gasteiger partial charge in [-0.15, -0.1) is 0 Å². The van der Waals surface area contributed by atoms with E-state index in [9.17, 15) is 26.7 Å². The van der Waals surface area contributed by atoms with E-state index in [0.29, 0.717) is 6.42 Å². The predicted octanol–water partition coefficient (Wildman–Crippen LogP) is 4.09. The van der Waals surface area contributed by atoms with E-state index in [-0.39, 0.29) is 6.61 Å². The van der Waals surface area contributed by atoms with Crippen LogP contribution in [0.4, 0.5) is 26.7 Å². The van der Waals surface area contributed by atoms with Gasteiger partial charge in [-0.3, -0.25) is 0 Å². The molecule has 0 unspecified atom stereocenters. The van der Waals surface area contributed by atoms with Crippen LogP contribution in [-0.2, 0) is 4.74 Å². The molecule has 0 radical (unpaired) electrons. The Balaban J connectivity index is 2.80. The number of carbonyl (C=O) groups is 1. The van der Waals surface area contributed by atoms with Crippen molar-refractivity contribution in [1.29, 1.82) is 0 Å². The molecule has 0 fully saturated rings. The summed E-state index contributed by atoms with van der Waals surface area (Å²) in [5.41, 5.74) is 0. The molecule has 0 heterocycles. The summed E-state index contributed by atoms with van der Waals surface area (Å²) in [6, 6.07) is 0. The maximum Gasteiger partial charge on any atom is 0.514 e. The van der Waals surface area contributed by atoms with Gasteiger partial charge in [-0.2, -0.15) is 8.78 Å². The summed E-state index contributed by atoms with van der Waals surface area (Å²) in [5, 5.41) is 0. The highest BCUT2D eigenvalue weighted by atomic mass is 19.2. The Morgan fingerprint density at radius 1 is 0.900 bits per heavy atom. The maximum absolute atomic E-state index is 13.2. The summed E-state index contributed by atoms with van der Waals surface area (Å²) in [5.74, 6) is -12.9. The van der Waals surface area contributed by atoms with Gasteiger partial charge in [0.15, 0.2) is 0 Å². The number of unbranched alkanes of at least 4 members (excludes halogenated alkanes) is 2. The topological polar surface area (TPSA) is 35.5 Å². The lowest BCUT2D eigenvalue weighted by molar-refractivity contribution is 0.0933. The first kappa shape index (κ1) is 16.2. The fraction of sp³-hybridized carbons (Fsp3) is 0.417. The van der Waals surface area contributed by atoms with Crippen LogP contribution in [0.1, 0.15) is 26.2 Å². The lowest BCUT2D eigenvalue weighted by Crippen LogP contribution is -2.15. The van der Waals surface area contributed by atoms with E-state index in [4.69, 9.17) is 0 Å². The van der Waals surface area contributed by atoms with Crippen LogP contribution < -0.4 is 4.74 Å². The van der Waals surface area contributed by atoms with Crippen LogP contribution in [-0.4, -0.2) is 12.8 Å². The van der Waals surface area contributed by atoms with Gasteiger partial charge in [0.1, 0.15) is 0 Å². The summed E-state index contributed by atoms with van der Waals surface area (Å²) in [7, 11) is 0. The SMILES string of the molecule is CCCCCOC(=O)Oc1c(F)c(F)c(F)c(F)c1F. The molecule has 1 aromatic rings. The van der Waals surface area contributed by atoms with Crippen LogP contribution in [0, 0.1) is 29.1 Å². The van der Waals surface area contributed by atoms with Crippen molar-refractivity contribution in [2.45, 2.75) is 26.2 Å². The fourth-order valence-corrected chi connectivity index (χ4v) is 1.29. The first-order valence-electron chi connectivity index (χ1n) is 5.76. The largest absolute Gasteiger partial charge is 0.514 e. The monoisotopic (exact) mass is 298 g/mol. The standard InChI is InChI=1S/C12H11F5O3/c1-2-3-4-5-19-12(18)20-11-9(16)7(14)6(13)8(15)10(11)17/h2-5H2,1H3. The Morgan fingerprint density at radius 2 is 1.40 bits per heavy atom. The lowest BCUT2D eigenvalue weighted by atomic mass is 10.2. The van der Waals surface area contributed by atoms with Crippen molar-refractivity contribution in [3.63, 3.8) is 0 Å². The van der Waals surface area contributed by atoms with E-state index >= 15 is 0 Å². The van der Waals surface area contributed by atoms with Crippen molar-refractivity contribution in [2.24, 2.45) is 0 Å². The highest BCUT2D eigenvalue weighted by Gasteiger charge is 2.28. The van der Waals surface area contributed by atoms with Crippen LogP contribution in [0.25, 0.3) is 0 Å². The van der Waals surface area contributed by atoms with Gasteiger partial charge >= 0.3 is 6.16 Å². The summed E-state index contributed by atoms with van der Waals surface area (Å²) in [6.45, 7) is 1.81. The van der Waals surface area contributed by atoms with E-state index in [2.05, 4.69) is 9.47 Å². The van der Waals surface area contributed by atoms with Crippen LogP contribution in [0.2, 0.25) is 0 Å². The van der Waals surface area contributed by atoms with Gasteiger partial charge in [-0.1, -0.05) is 19.8 Å². The maximum atomic E-state index is 13.2. The quantitative estimate of drug-likeness (QED) is 0.205. The van der Waals surface area contributed by atoms with E-state index in [1.54, 1.807) is 0 Å². The molecule has 0 aromatic heterocycles. The number of hydrogen-bond donors (Lipinski definition) is 0. The minimum absolute atomic E-state index is 0.0813. The Morgan fingerprint density at radius 3 is 1.90 bits per heavy atom. The van der Waals surface area contributed by atoms with E-state index in [0.717, 1.165) is 12.8 Å². The summed E-state index contributed by atoms with van der Waals surface area (Å²) >= 11 is 0. The first-order valence-corrected chi connectivity index (χ1v) is 5.76. The molecule has 0 atom stereocenters. The predicted molar refractivity (Wildman–Crippen MR) is 57.7 cm³/mol. The Hall–Kier alpha value is -1.86. The van der Waals surface area contributed by atoms with Gasteiger partial charge in [0.25, 0.3) is 0 Å². The molecular formula is C12H11F5O3. The number of carbonyl (C=O) groups excluding carboxylic acids is 1. The molecule has 8 heteroatoms. The highest BCUT2D eigenvalue weighted by molar-refractivity contribution is 5.64. The molecule has 0 saturated carbocycles. The molecule has 3 nitrogen and oxygen atoms in total. The third-order valence-corrected chi connectivity index (χ3v) is 2.32. The number of rotatable bonds is 5. The molecule has 20 heavy (non-hydrogen) atoms. The fourth-order valence-electron chi connectivity index (χ4n) is 1.29. The summed E-state index contributed by atoms with van der Waals surface area (Å²) in [6.07, 6.45) is 0.540. The number of ether oxygens (including phenoxy) is 2. The Labute approximate surface area is 111 Å². The summed E-state index contributed by atoms with van der Waals surface area (Å²) in [4.78, 5) is 11.1. The summed E-state index contributed by atoms with van der Waals surface area (Å²) < 4.78 is 73.1. The third-order valence-electron chi connectivity index (χ3n) is 2.32. The molecule has 0 amide bonds. The second kappa shape index (κ2) is 7.06. The first-order chi connectivity index (χ1) is 9.40. The van der Waals surface area contributed by atoms with Crippen molar-refractivity contribution in [3.05, 3.63) is 29.1 Å². The number of halogens is 5. The van der Waals surface area contributed by atoms with Crippen LogP contribution in [0.5, 0.6) is 5.75 Å². The Bertz CT molecular complexity index is 475. The molecular weight excluding hydrogens is 287 g/mol. The average molecular weight is 298 g/mol.